The standard InChI is InChI=1S/C33H46N6O3/c1-23-3-5-25(6-4-23)30-20-27(21-36-31(30)42-29-7-8-35-22-29)33(41)39-15-13-38(14-16-39)32(40)26-17-24(2)18-28(19-26)37-11-9-34-10-12-37/h17-21,23,25,29,34-35H,3-16,22H2,1-2H3/t23?,25?,29-/m0/s1. The van der Waals surface area contributed by atoms with Crippen LogP contribution in [0.3, 0.4) is 0 Å². The van der Waals surface area contributed by atoms with Crippen LogP contribution >= 0.6 is 0 Å². The lowest BCUT2D eigenvalue weighted by Gasteiger charge is -2.35. The summed E-state index contributed by atoms with van der Waals surface area (Å²) < 4.78 is 6.36. The third kappa shape index (κ3) is 6.57. The van der Waals surface area contributed by atoms with E-state index in [9.17, 15) is 9.59 Å². The van der Waals surface area contributed by atoms with E-state index in [0.717, 1.165) is 86.8 Å². The quantitative estimate of drug-likeness (QED) is 0.547. The summed E-state index contributed by atoms with van der Waals surface area (Å²) in [6, 6.07) is 8.23. The van der Waals surface area contributed by atoms with Crippen LogP contribution in [0.4, 0.5) is 5.69 Å². The number of carbonyl (C=O) groups is 2. The Morgan fingerprint density at radius 2 is 1.50 bits per heavy atom. The molecule has 0 unspecified atom stereocenters. The van der Waals surface area contributed by atoms with E-state index in [1.165, 1.54) is 12.8 Å². The van der Waals surface area contributed by atoms with Crippen LogP contribution in [-0.4, -0.2) is 98.1 Å². The Balaban J connectivity index is 1.12. The molecule has 6 rings (SSSR count). The minimum Gasteiger partial charge on any atom is -0.473 e. The van der Waals surface area contributed by atoms with Crippen LogP contribution in [0.2, 0.25) is 0 Å². The summed E-state index contributed by atoms with van der Waals surface area (Å²) in [5.74, 6) is 1.86. The van der Waals surface area contributed by atoms with Crippen LogP contribution in [0.15, 0.2) is 30.5 Å². The van der Waals surface area contributed by atoms with Crippen molar-refractivity contribution in [3.8, 4) is 5.88 Å². The monoisotopic (exact) mass is 574 g/mol. The van der Waals surface area contributed by atoms with Crippen LogP contribution in [0.1, 0.15) is 76.8 Å². The molecule has 4 heterocycles. The Bertz CT molecular complexity index is 1260. The lowest BCUT2D eigenvalue weighted by Crippen LogP contribution is -2.50. The number of amides is 2. The number of aryl methyl sites for hydroxylation is 1. The van der Waals surface area contributed by atoms with Gasteiger partial charge in [0.2, 0.25) is 5.88 Å². The van der Waals surface area contributed by atoms with E-state index in [1.54, 1.807) is 6.20 Å². The van der Waals surface area contributed by atoms with Crippen LogP contribution in [0, 0.1) is 12.8 Å². The van der Waals surface area contributed by atoms with Crippen LogP contribution in [0.5, 0.6) is 5.88 Å². The lowest BCUT2D eigenvalue weighted by atomic mass is 9.79. The molecule has 3 aliphatic heterocycles. The molecule has 1 aliphatic carbocycles. The number of nitrogens with zero attached hydrogens (tertiary/aromatic N) is 4. The summed E-state index contributed by atoms with van der Waals surface area (Å²) >= 11 is 0. The average Bonchev–Trinajstić information content (AvgIpc) is 3.54. The molecular formula is C33H46N6O3. The zero-order chi connectivity index (χ0) is 29.1. The van der Waals surface area contributed by atoms with Gasteiger partial charge in [-0.15, -0.1) is 0 Å². The molecule has 1 aromatic carbocycles. The first-order chi connectivity index (χ1) is 20.4. The van der Waals surface area contributed by atoms with E-state index in [1.807, 2.05) is 21.9 Å². The van der Waals surface area contributed by atoms with Crippen molar-refractivity contribution in [1.82, 2.24) is 25.4 Å². The fourth-order valence-electron chi connectivity index (χ4n) is 6.90. The van der Waals surface area contributed by atoms with E-state index in [2.05, 4.69) is 41.5 Å². The van der Waals surface area contributed by atoms with Gasteiger partial charge in [-0.05, 0) is 74.4 Å². The van der Waals surface area contributed by atoms with Crippen LogP contribution < -0.4 is 20.3 Å². The molecule has 2 amide bonds. The summed E-state index contributed by atoms with van der Waals surface area (Å²) in [7, 11) is 0. The summed E-state index contributed by atoms with van der Waals surface area (Å²) in [5.41, 5.74) is 4.65. The zero-order valence-corrected chi connectivity index (χ0v) is 25.2. The highest BCUT2D eigenvalue weighted by atomic mass is 16.5. The first kappa shape index (κ1) is 28.9. The first-order valence-electron chi connectivity index (χ1n) is 16.0. The molecule has 2 aromatic rings. The summed E-state index contributed by atoms with van der Waals surface area (Å²) in [6.45, 7) is 12.1. The molecule has 1 aromatic heterocycles. The number of nitrogens with one attached hydrogen (secondary N) is 2. The van der Waals surface area contributed by atoms with Crippen LogP contribution in [-0.2, 0) is 0 Å². The van der Waals surface area contributed by atoms with E-state index >= 15 is 0 Å². The molecule has 42 heavy (non-hydrogen) atoms. The predicted molar refractivity (Wildman–Crippen MR) is 165 cm³/mol. The molecular weight excluding hydrogens is 528 g/mol. The molecule has 0 bridgehead atoms. The second-order valence-corrected chi connectivity index (χ2v) is 12.7. The van der Waals surface area contributed by atoms with Crippen molar-refractivity contribution >= 4 is 17.5 Å². The first-order valence-corrected chi connectivity index (χ1v) is 16.0. The van der Waals surface area contributed by atoms with Crippen molar-refractivity contribution in [3.05, 3.63) is 52.7 Å². The smallest absolute Gasteiger partial charge is 0.255 e. The van der Waals surface area contributed by atoms with E-state index < -0.39 is 0 Å². The second-order valence-electron chi connectivity index (χ2n) is 12.7. The van der Waals surface area contributed by atoms with Gasteiger partial charge in [-0.3, -0.25) is 9.59 Å². The van der Waals surface area contributed by atoms with Crippen molar-refractivity contribution in [1.29, 1.82) is 0 Å². The van der Waals surface area contributed by atoms with Crippen molar-refractivity contribution in [2.75, 3.05) is 70.3 Å². The molecule has 4 aliphatic rings. The van der Waals surface area contributed by atoms with Gasteiger partial charge in [0.1, 0.15) is 6.10 Å². The molecule has 226 valence electrons. The molecule has 0 spiro atoms. The molecule has 0 radical (unpaired) electrons. The average molecular weight is 575 g/mol. The molecule has 1 atom stereocenters. The predicted octanol–water partition coefficient (Wildman–Crippen LogP) is 3.43. The van der Waals surface area contributed by atoms with Gasteiger partial charge in [0, 0.05) is 81.9 Å². The van der Waals surface area contributed by atoms with Gasteiger partial charge in [-0.1, -0.05) is 19.8 Å². The highest BCUT2D eigenvalue weighted by Crippen LogP contribution is 2.39. The number of carbonyl (C=O) groups excluding carboxylic acids is 2. The molecule has 9 heteroatoms. The number of hydrogen-bond donors (Lipinski definition) is 2. The molecule has 3 saturated heterocycles. The SMILES string of the molecule is Cc1cc(C(=O)N2CCN(C(=O)c3cnc(O[C@H]4CCNC4)c(C4CCC(C)CC4)c3)CC2)cc(N2CCNCC2)c1. The summed E-state index contributed by atoms with van der Waals surface area (Å²) in [4.78, 5) is 38.0. The maximum absolute atomic E-state index is 13.7. The van der Waals surface area contributed by atoms with Gasteiger partial charge in [0.05, 0.1) is 5.56 Å². The van der Waals surface area contributed by atoms with Gasteiger partial charge in [-0.2, -0.15) is 0 Å². The fourth-order valence-corrected chi connectivity index (χ4v) is 6.90. The normalized spacial score (nSPS) is 25.0. The van der Waals surface area contributed by atoms with Crippen molar-refractivity contribution in [2.24, 2.45) is 5.92 Å². The van der Waals surface area contributed by atoms with Gasteiger partial charge in [0.15, 0.2) is 0 Å². The van der Waals surface area contributed by atoms with Gasteiger partial charge in [0.25, 0.3) is 11.8 Å². The second kappa shape index (κ2) is 13.0. The minimum atomic E-state index is -0.00865. The number of aromatic nitrogens is 1. The van der Waals surface area contributed by atoms with E-state index in [-0.39, 0.29) is 17.9 Å². The number of ether oxygens (including phenoxy) is 1. The molecule has 2 N–H and O–H groups in total. The third-order valence-electron chi connectivity index (χ3n) is 9.52. The van der Waals surface area contributed by atoms with Gasteiger partial charge < -0.3 is 30.1 Å². The molecule has 9 nitrogen and oxygen atoms in total. The maximum atomic E-state index is 13.7. The van der Waals surface area contributed by atoms with E-state index in [4.69, 9.17) is 9.72 Å². The minimum absolute atomic E-state index is 0.00865. The molecule has 1 saturated carbocycles. The van der Waals surface area contributed by atoms with Gasteiger partial charge in [-0.25, -0.2) is 4.98 Å². The fraction of sp³-hybridized carbons (Fsp3) is 0.606. The van der Waals surface area contributed by atoms with Crippen molar-refractivity contribution in [2.45, 2.75) is 58.0 Å². The van der Waals surface area contributed by atoms with E-state index in [0.29, 0.717) is 43.5 Å². The number of rotatable bonds is 6. The Hall–Kier alpha value is -3.17. The topological polar surface area (TPSA) is 90.0 Å². The van der Waals surface area contributed by atoms with Gasteiger partial charge >= 0.3 is 0 Å². The Morgan fingerprint density at radius 3 is 2.17 bits per heavy atom. The van der Waals surface area contributed by atoms with Crippen LogP contribution in [0.25, 0.3) is 0 Å². The summed E-state index contributed by atoms with van der Waals surface area (Å²) in [5, 5.41) is 6.76. The summed E-state index contributed by atoms with van der Waals surface area (Å²) in [6.07, 6.45) is 7.41. The Morgan fingerprint density at radius 1 is 0.810 bits per heavy atom. The third-order valence-corrected chi connectivity index (χ3v) is 9.52. The number of pyridine rings is 1. The number of piperazine rings is 2. The molecule has 4 fully saturated rings. The maximum Gasteiger partial charge on any atom is 0.255 e. The lowest BCUT2D eigenvalue weighted by molar-refractivity contribution is 0.0535. The highest BCUT2D eigenvalue weighted by Gasteiger charge is 2.30. The van der Waals surface area contributed by atoms with Crippen molar-refractivity contribution < 1.29 is 14.3 Å². The Labute approximate surface area is 250 Å². The highest BCUT2D eigenvalue weighted by molar-refractivity contribution is 5.96. The largest absolute Gasteiger partial charge is 0.473 e. The number of anilines is 1. The van der Waals surface area contributed by atoms with Crippen molar-refractivity contribution in [3.63, 3.8) is 0 Å². The number of hydrogen-bond acceptors (Lipinski definition) is 7. The Kier molecular flexibility index (Phi) is 8.95. The number of benzene rings is 1. The zero-order valence-electron chi connectivity index (χ0n) is 25.2.